The fourth-order valence-electron chi connectivity index (χ4n) is 3.43. The Morgan fingerprint density at radius 2 is 2.15 bits per heavy atom. The molecule has 0 amide bonds. The van der Waals surface area contributed by atoms with Crippen molar-refractivity contribution in [2.24, 2.45) is 7.05 Å². The molecule has 1 unspecified atom stereocenters. The van der Waals surface area contributed by atoms with Gasteiger partial charge in [-0.2, -0.15) is 5.10 Å². The van der Waals surface area contributed by atoms with Crippen molar-refractivity contribution in [3.8, 4) is 17.1 Å². The maximum Gasteiger partial charge on any atom is 0.129 e. The number of nitrogens with zero attached hydrogens (tertiary/aromatic N) is 3. The van der Waals surface area contributed by atoms with E-state index in [1.165, 1.54) is 16.7 Å². The molecule has 2 aromatic heterocycles. The summed E-state index contributed by atoms with van der Waals surface area (Å²) in [6.45, 7) is 3.07. The third-order valence-electron chi connectivity index (χ3n) is 4.69. The van der Waals surface area contributed by atoms with Crippen molar-refractivity contribution in [1.29, 1.82) is 0 Å². The van der Waals surface area contributed by atoms with E-state index in [1.807, 2.05) is 54.0 Å². The van der Waals surface area contributed by atoms with Crippen LogP contribution in [-0.4, -0.2) is 34.2 Å². The monoisotopic (exact) mass is 366 g/mol. The second-order valence-electron chi connectivity index (χ2n) is 6.35. The second kappa shape index (κ2) is 7.03. The van der Waals surface area contributed by atoms with Crippen molar-refractivity contribution in [2.75, 3.05) is 24.7 Å². The Labute approximate surface area is 157 Å². The molecule has 0 fully saturated rings. The number of hydrogen-bond donors (Lipinski definition) is 1. The zero-order valence-corrected chi connectivity index (χ0v) is 16.0. The number of anilines is 1. The Morgan fingerprint density at radius 1 is 1.27 bits per heavy atom. The van der Waals surface area contributed by atoms with Gasteiger partial charge in [-0.05, 0) is 42.3 Å². The van der Waals surface area contributed by atoms with Gasteiger partial charge in [0.2, 0.25) is 0 Å². The number of methoxy groups -OCH3 is 1. The minimum atomic E-state index is 0.205. The van der Waals surface area contributed by atoms with Gasteiger partial charge >= 0.3 is 0 Å². The van der Waals surface area contributed by atoms with Gasteiger partial charge in [0.05, 0.1) is 18.1 Å². The Bertz CT molecular complexity index is 923. The highest BCUT2D eigenvalue weighted by Crippen LogP contribution is 2.46. The van der Waals surface area contributed by atoms with Crippen LogP contribution in [0.3, 0.4) is 0 Å². The van der Waals surface area contributed by atoms with Crippen molar-refractivity contribution in [3.63, 3.8) is 0 Å². The summed E-state index contributed by atoms with van der Waals surface area (Å²) < 4.78 is 7.32. The average molecular weight is 366 g/mol. The predicted molar refractivity (Wildman–Crippen MR) is 107 cm³/mol. The summed E-state index contributed by atoms with van der Waals surface area (Å²) in [5, 5.41) is 8.55. The zero-order chi connectivity index (χ0) is 18.1. The summed E-state index contributed by atoms with van der Waals surface area (Å²) in [5.74, 6) is 3.00. The first-order valence-corrected chi connectivity index (χ1v) is 9.72. The molecule has 3 aromatic rings. The molecule has 0 radical (unpaired) electrons. The Kier molecular flexibility index (Phi) is 4.59. The normalized spacial score (nSPS) is 16.5. The lowest BCUT2D eigenvalue weighted by atomic mass is 9.98. The zero-order valence-electron chi connectivity index (χ0n) is 15.2. The van der Waals surface area contributed by atoms with E-state index in [-0.39, 0.29) is 5.25 Å². The van der Waals surface area contributed by atoms with Gasteiger partial charge in [-0.15, -0.1) is 11.8 Å². The van der Waals surface area contributed by atoms with Crippen LogP contribution >= 0.6 is 11.8 Å². The number of hydrogen-bond acceptors (Lipinski definition) is 5. The standard InChI is InChI=1S/C20H22N4OS/c1-13-12-14(25-3)7-8-15(13)19-17-18(16-6-4-5-9-21-16)23-24(2)20(17)22-10-11-26-19/h4-9,12,19,22H,10-11H2,1-3H3. The number of pyridine rings is 1. The van der Waals surface area contributed by atoms with E-state index in [9.17, 15) is 0 Å². The van der Waals surface area contributed by atoms with Gasteiger partial charge < -0.3 is 10.1 Å². The number of aromatic nitrogens is 3. The van der Waals surface area contributed by atoms with Crippen LogP contribution in [0.15, 0.2) is 42.6 Å². The largest absolute Gasteiger partial charge is 0.497 e. The van der Waals surface area contributed by atoms with Crippen molar-refractivity contribution in [1.82, 2.24) is 14.8 Å². The van der Waals surface area contributed by atoms with Gasteiger partial charge in [-0.1, -0.05) is 12.1 Å². The second-order valence-corrected chi connectivity index (χ2v) is 7.56. The molecule has 26 heavy (non-hydrogen) atoms. The molecule has 1 N–H and O–H groups in total. The van der Waals surface area contributed by atoms with Crippen LogP contribution in [0, 0.1) is 6.92 Å². The molecule has 5 nitrogen and oxygen atoms in total. The van der Waals surface area contributed by atoms with Gasteiger partial charge in [-0.3, -0.25) is 9.67 Å². The van der Waals surface area contributed by atoms with Gasteiger partial charge in [0.25, 0.3) is 0 Å². The maximum absolute atomic E-state index is 5.38. The highest BCUT2D eigenvalue weighted by molar-refractivity contribution is 7.99. The summed E-state index contributed by atoms with van der Waals surface area (Å²) in [6, 6.07) is 12.3. The number of fused-ring (bicyclic) bond motifs is 1. The highest BCUT2D eigenvalue weighted by Gasteiger charge is 2.30. The molecule has 0 saturated carbocycles. The van der Waals surface area contributed by atoms with Gasteiger partial charge in [0, 0.05) is 31.1 Å². The van der Waals surface area contributed by atoms with E-state index in [4.69, 9.17) is 9.84 Å². The molecule has 4 rings (SSSR count). The third kappa shape index (κ3) is 2.94. The first-order chi connectivity index (χ1) is 12.7. The van der Waals surface area contributed by atoms with Crippen molar-refractivity contribution >= 4 is 17.6 Å². The molecular weight excluding hydrogens is 344 g/mol. The molecular formula is C20H22N4OS. The number of aryl methyl sites for hydroxylation is 2. The fraction of sp³-hybridized carbons (Fsp3) is 0.300. The van der Waals surface area contributed by atoms with E-state index in [1.54, 1.807) is 7.11 Å². The van der Waals surface area contributed by atoms with E-state index in [0.717, 1.165) is 35.3 Å². The topological polar surface area (TPSA) is 52.0 Å². The quantitative estimate of drug-likeness (QED) is 0.758. The molecule has 1 aliphatic rings. The lowest BCUT2D eigenvalue weighted by Crippen LogP contribution is -2.06. The Balaban J connectivity index is 1.89. The highest BCUT2D eigenvalue weighted by atomic mass is 32.2. The molecule has 6 heteroatoms. The molecule has 0 saturated heterocycles. The Morgan fingerprint density at radius 3 is 2.88 bits per heavy atom. The Hall–Kier alpha value is -2.47. The third-order valence-corrected chi connectivity index (χ3v) is 5.95. The molecule has 1 aromatic carbocycles. The number of thioether (sulfide) groups is 1. The maximum atomic E-state index is 5.38. The SMILES string of the molecule is COc1ccc(C2SCCNc3c2c(-c2ccccn2)nn3C)c(C)c1. The number of nitrogens with one attached hydrogen (secondary N) is 1. The van der Waals surface area contributed by atoms with Crippen molar-refractivity contribution < 1.29 is 4.74 Å². The van der Waals surface area contributed by atoms with Crippen LogP contribution in [0.4, 0.5) is 5.82 Å². The minimum absolute atomic E-state index is 0.205. The molecule has 0 spiro atoms. The number of rotatable bonds is 3. The average Bonchev–Trinajstić information content (AvgIpc) is 2.85. The van der Waals surface area contributed by atoms with Crippen LogP contribution in [-0.2, 0) is 7.05 Å². The first-order valence-electron chi connectivity index (χ1n) is 8.67. The molecule has 1 atom stereocenters. The van der Waals surface area contributed by atoms with Gasteiger partial charge in [0.15, 0.2) is 0 Å². The first kappa shape index (κ1) is 17.0. The summed E-state index contributed by atoms with van der Waals surface area (Å²) in [7, 11) is 3.70. The van der Waals surface area contributed by atoms with Crippen LogP contribution in [0.1, 0.15) is 21.9 Å². The minimum Gasteiger partial charge on any atom is -0.497 e. The molecule has 3 heterocycles. The van der Waals surface area contributed by atoms with Gasteiger partial charge in [0.1, 0.15) is 17.3 Å². The lowest BCUT2D eigenvalue weighted by molar-refractivity contribution is 0.414. The molecule has 1 aliphatic heterocycles. The molecule has 0 aliphatic carbocycles. The van der Waals surface area contributed by atoms with Crippen LogP contribution in [0.25, 0.3) is 11.4 Å². The van der Waals surface area contributed by atoms with Crippen molar-refractivity contribution in [3.05, 3.63) is 59.3 Å². The molecule has 0 bridgehead atoms. The summed E-state index contributed by atoms with van der Waals surface area (Å²) in [6.07, 6.45) is 1.82. The number of benzene rings is 1. The van der Waals surface area contributed by atoms with E-state index >= 15 is 0 Å². The van der Waals surface area contributed by atoms with E-state index in [0.29, 0.717) is 0 Å². The fourth-order valence-corrected chi connectivity index (χ4v) is 4.72. The van der Waals surface area contributed by atoms with Crippen molar-refractivity contribution in [2.45, 2.75) is 12.2 Å². The van der Waals surface area contributed by atoms with Gasteiger partial charge in [-0.25, -0.2) is 0 Å². The van der Waals surface area contributed by atoms with Crippen LogP contribution in [0.5, 0.6) is 5.75 Å². The summed E-state index contributed by atoms with van der Waals surface area (Å²) in [5.41, 5.74) is 5.59. The van der Waals surface area contributed by atoms with E-state index < -0.39 is 0 Å². The predicted octanol–water partition coefficient (Wildman–Crippen LogP) is 4.05. The summed E-state index contributed by atoms with van der Waals surface area (Å²) >= 11 is 1.95. The van der Waals surface area contributed by atoms with E-state index in [2.05, 4.69) is 29.4 Å². The molecule has 134 valence electrons. The van der Waals surface area contributed by atoms with Crippen LogP contribution in [0.2, 0.25) is 0 Å². The smallest absolute Gasteiger partial charge is 0.129 e. The summed E-state index contributed by atoms with van der Waals surface area (Å²) in [4.78, 5) is 4.55. The van der Waals surface area contributed by atoms with Crippen LogP contribution < -0.4 is 10.1 Å². The number of ether oxygens (including phenoxy) is 1. The lowest BCUT2D eigenvalue weighted by Gasteiger charge is -2.19.